The van der Waals surface area contributed by atoms with Crippen molar-refractivity contribution in [2.75, 3.05) is 14.2 Å². The number of esters is 2. The number of carbonyl (C=O) groups is 4. The quantitative estimate of drug-likeness (QED) is 0.0993. The third-order valence-corrected chi connectivity index (χ3v) is 16.8. The highest BCUT2D eigenvalue weighted by Crippen LogP contribution is 2.46. The van der Waals surface area contributed by atoms with Crippen molar-refractivity contribution >= 4 is 34.3 Å². The van der Waals surface area contributed by atoms with Gasteiger partial charge in [-0.1, -0.05) is 27.7 Å². The van der Waals surface area contributed by atoms with Crippen molar-refractivity contribution in [1.29, 1.82) is 0 Å². The lowest BCUT2D eigenvalue weighted by atomic mass is 9.74. The van der Waals surface area contributed by atoms with Crippen LogP contribution in [-0.4, -0.2) is 214 Å². The van der Waals surface area contributed by atoms with Crippen LogP contribution in [-0.2, 0) is 82.4 Å². The van der Waals surface area contributed by atoms with Crippen molar-refractivity contribution < 1.29 is 121 Å². The van der Waals surface area contributed by atoms with E-state index in [4.69, 9.17) is 66.3 Å². The number of carbonyl (C=O) groups excluding carboxylic acids is 4. The number of aromatic hydroxyl groups is 2. The zero-order valence-electron chi connectivity index (χ0n) is 49.9. The maximum Gasteiger partial charge on any atom is 0.308 e. The monoisotopic (exact) mass is 1190 g/mol. The number of phenolic OH excluding ortho intramolecular Hbond substituents is 2. The Bertz CT molecular complexity index is 2620. The van der Waals surface area contributed by atoms with Crippen LogP contribution >= 0.6 is 0 Å². The highest BCUT2D eigenvalue weighted by Gasteiger charge is 2.53. The van der Waals surface area contributed by atoms with Crippen LogP contribution in [0.1, 0.15) is 124 Å². The summed E-state index contributed by atoms with van der Waals surface area (Å²) in [6, 6.07) is 4.29. The molecule has 6 aliphatic rings. The van der Waals surface area contributed by atoms with E-state index in [2.05, 4.69) is 0 Å². The fraction of sp³-hybridized carbons (Fsp3) is 0.763. The normalized spacial score (nSPS) is 39.1. The van der Waals surface area contributed by atoms with Crippen molar-refractivity contribution in [3.8, 4) is 17.2 Å². The molecule has 25 nitrogen and oxygen atoms in total. The molecule has 1 aliphatic carbocycles. The number of phenols is 2. The fourth-order valence-electron chi connectivity index (χ4n) is 12.4. The maximum atomic E-state index is 15.1. The number of methoxy groups -OCH3 is 2. The van der Waals surface area contributed by atoms with Gasteiger partial charge in [-0.2, -0.15) is 0 Å². The molecule has 2 aromatic rings. The van der Waals surface area contributed by atoms with Gasteiger partial charge in [0.1, 0.15) is 71.7 Å². The highest BCUT2D eigenvalue weighted by atomic mass is 16.7. The second-order valence-corrected chi connectivity index (χ2v) is 24.2. The van der Waals surface area contributed by atoms with Crippen molar-refractivity contribution in [1.82, 2.24) is 0 Å². The standard InChI is InChI=1S/C59H86O25/c1-23(2)47(63)52(68)55(72-13)34-16-32-14-31-15-33(79-41-21-39(78-30(10)60)54(28(8)76-41)82-40-18-36(62)53(71-12)27(7)75-40)17-35(61)45(31)50(66)46(32)51(67)56(34)83-43-20-37(48(64)26(6)74-43)80-42-19-38(49(65)25(5)73-42)81-44-22-59(11,70)57(29(9)77-44)84-58(69)24(3)4/h14-15,17,23-29,34,36-44,47-49,53-57,61-66,70H,16,18-22H2,1-13H3. The van der Waals surface area contributed by atoms with E-state index in [1.165, 1.54) is 40.2 Å². The molecular formula is C59H86O25. The van der Waals surface area contributed by atoms with E-state index in [9.17, 15) is 50.1 Å². The molecule has 0 amide bonds. The molecule has 5 heterocycles. The number of aliphatic hydroxyl groups is 5. The molecule has 0 saturated carbocycles. The summed E-state index contributed by atoms with van der Waals surface area (Å²) in [6.45, 7) is 17.7. The molecule has 8 rings (SSSR count). The number of aliphatic hydroxyl groups excluding tert-OH is 4. The van der Waals surface area contributed by atoms with E-state index in [-0.39, 0.29) is 66.2 Å². The number of ether oxygens (including phenoxy) is 14. The topological polar surface area (TPSA) is 339 Å². The van der Waals surface area contributed by atoms with Crippen LogP contribution in [0.15, 0.2) is 18.2 Å². The largest absolute Gasteiger partial charge is 0.507 e. The van der Waals surface area contributed by atoms with Crippen LogP contribution in [0, 0.1) is 17.8 Å². The van der Waals surface area contributed by atoms with E-state index < -0.39 is 194 Å². The van der Waals surface area contributed by atoms with Crippen molar-refractivity contribution in [3.63, 3.8) is 0 Å². The molecule has 5 fully saturated rings. The third-order valence-electron chi connectivity index (χ3n) is 16.8. The van der Waals surface area contributed by atoms with Crippen molar-refractivity contribution in [3.05, 3.63) is 29.3 Å². The van der Waals surface area contributed by atoms with Gasteiger partial charge in [-0.3, -0.25) is 19.2 Å². The minimum Gasteiger partial charge on any atom is -0.507 e. The third kappa shape index (κ3) is 14.3. The van der Waals surface area contributed by atoms with E-state index in [0.29, 0.717) is 0 Å². The Morgan fingerprint density at radius 3 is 1.82 bits per heavy atom. The summed E-state index contributed by atoms with van der Waals surface area (Å²) < 4.78 is 84.7. The highest BCUT2D eigenvalue weighted by molar-refractivity contribution is 6.11. The summed E-state index contributed by atoms with van der Waals surface area (Å²) in [5.41, 5.74) is -1.54. The minimum absolute atomic E-state index is 0.0352. The van der Waals surface area contributed by atoms with Gasteiger partial charge in [0.2, 0.25) is 6.29 Å². The number of hydrogen-bond acceptors (Lipinski definition) is 25. The predicted octanol–water partition coefficient (Wildman–Crippen LogP) is 3.15. The molecule has 24 atom stereocenters. The summed E-state index contributed by atoms with van der Waals surface area (Å²) in [5, 5.41) is 79.8. The first-order valence-electron chi connectivity index (χ1n) is 29.0. The van der Waals surface area contributed by atoms with Crippen molar-refractivity contribution in [2.24, 2.45) is 17.8 Å². The number of ketones is 2. The van der Waals surface area contributed by atoms with E-state index in [0.717, 1.165) is 0 Å². The van der Waals surface area contributed by atoms with Gasteiger partial charge in [0.15, 0.2) is 42.8 Å². The summed E-state index contributed by atoms with van der Waals surface area (Å²) in [7, 11) is 2.73. The molecule has 5 aliphatic heterocycles. The summed E-state index contributed by atoms with van der Waals surface area (Å²) >= 11 is 0. The number of rotatable bonds is 19. The lowest BCUT2D eigenvalue weighted by Gasteiger charge is -2.47. The zero-order chi connectivity index (χ0) is 61.5. The second kappa shape index (κ2) is 27.0. The molecule has 472 valence electrons. The van der Waals surface area contributed by atoms with Gasteiger partial charge < -0.3 is 102 Å². The van der Waals surface area contributed by atoms with Gasteiger partial charge in [0.25, 0.3) is 0 Å². The number of hydrogen-bond donors (Lipinski definition) is 7. The Kier molecular flexibility index (Phi) is 21.1. The Balaban J connectivity index is 1.01. The Hall–Kier alpha value is -4.26. The molecule has 25 heteroatoms. The van der Waals surface area contributed by atoms with Crippen molar-refractivity contribution in [2.45, 2.75) is 256 Å². The van der Waals surface area contributed by atoms with Crippen LogP contribution in [0.5, 0.6) is 17.2 Å². The van der Waals surface area contributed by atoms with E-state index in [1.54, 1.807) is 68.4 Å². The zero-order valence-corrected chi connectivity index (χ0v) is 49.9. The molecular weight excluding hydrogens is 1110 g/mol. The molecule has 0 aromatic heterocycles. The number of Topliss-reactive ketones (excluding diaryl/α,β-unsaturated/α-hetero) is 2. The molecule has 0 spiro atoms. The predicted molar refractivity (Wildman–Crippen MR) is 290 cm³/mol. The van der Waals surface area contributed by atoms with Gasteiger partial charge >= 0.3 is 11.9 Å². The lowest BCUT2D eigenvalue weighted by Crippen LogP contribution is -2.59. The summed E-state index contributed by atoms with van der Waals surface area (Å²) in [5.74, 6) is -5.81. The van der Waals surface area contributed by atoms with Crippen LogP contribution in [0.2, 0.25) is 0 Å². The smallest absolute Gasteiger partial charge is 0.308 e. The first-order chi connectivity index (χ1) is 39.5. The molecule has 2 aromatic carbocycles. The number of benzene rings is 2. The second-order valence-electron chi connectivity index (χ2n) is 24.2. The van der Waals surface area contributed by atoms with Gasteiger partial charge in [-0.15, -0.1) is 0 Å². The van der Waals surface area contributed by atoms with E-state index >= 15 is 4.79 Å². The molecule has 24 unspecified atom stereocenters. The fourth-order valence-corrected chi connectivity index (χ4v) is 12.4. The first kappa shape index (κ1) is 65.7. The van der Waals surface area contributed by atoms with Gasteiger partial charge in [0, 0.05) is 65.2 Å². The SMILES string of the molecule is COC(C(=O)C(O)C(C)C)C1Cc2cc3cc(OC4CC(OC(C)=O)C(OC5CC(O)C(OC)C(C)O5)C(C)O4)cc(O)c3c(O)c2C(=O)C1OC1CC(OC2CC(OC3CC(C)(O)C(OC(=O)C(C)C)C(C)O3)C(O)C(C)O2)C(O)C(C)O1. The van der Waals surface area contributed by atoms with Crippen LogP contribution in [0.4, 0.5) is 0 Å². The molecule has 0 bridgehead atoms. The molecule has 0 radical (unpaired) electrons. The molecule has 7 N–H and O–H groups in total. The number of fused-ring (bicyclic) bond motifs is 2. The lowest BCUT2D eigenvalue weighted by molar-refractivity contribution is -0.334. The van der Waals surface area contributed by atoms with Crippen LogP contribution in [0.25, 0.3) is 10.8 Å². The molecule has 5 saturated heterocycles. The van der Waals surface area contributed by atoms with Gasteiger partial charge in [-0.05, 0) is 77.0 Å². The Morgan fingerprint density at radius 1 is 0.690 bits per heavy atom. The Labute approximate surface area is 488 Å². The summed E-state index contributed by atoms with van der Waals surface area (Å²) in [6.07, 6.45) is -23.0. The first-order valence-corrected chi connectivity index (χ1v) is 29.0. The summed E-state index contributed by atoms with van der Waals surface area (Å²) in [4.78, 5) is 54.1. The average Bonchev–Trinajstić information content (AvgIpc) is 1.57. The van der Waals surface area contributed by atoms with Gasteiger partial charge in [-0.25, -0.2) is 0 Å². The van der Waals surface area contributed by atoms with E-state index in [1.807, 2.05) is 0 Å². The Morgan fingerprint density at radius 2 is 1.25 bits per heavy atom. The maximum absolute atomic E-state index is 15.1. The van der Waals surface area contributed by atoms with Crippen LogP contribution in [0.3, 0.4) is 0 Å². The van der Waals surface area contributed by atoms with Gasteiger partial charge in [0.05, 0.1) is 65.7 Å². The minimum atomic E-state index is -1.60. The van der Waals surface area contributed by atoms with Crippen LogP contribution < -0.4 is 4.74 Å². The average molecular weight is 1200 g/mol. The molecule has 84 heavy (non-hydrogen) atoms.